The van der Waals surface area contributed by atoms with Gasteiger partial charge in [-0.2, -0.15) is 0 Å². The number of piperidine rings is 1. The molecule has 0 spiro atoms. The number of hydrogen-bond donors (Lipinski definition) is 1. The van der Waals surface area contributed by atoms with Gasteiger partial charge in [0.25, 0.3) is 0 Å². The van der Waals surface area contributed by atoms with Gasteiger partial charge in [0.15, 0.2) is 0 Å². The first-order chi connectivity index (χ1) is 9.36. The minimum Gasteiger partial charge on any atom is -0.481 e. The number of carbonyl (C=O) groups excluding carboxylic acids is 2. The first kappa shape index (κ1) is 16.4. The Morgan fingerprint density at radius 1 is 1.35 bits per heavy atom. The number of ether oxygens (including phenoxy) is 1. The van der Waals surface area contributed by atoms with E-state index >= 15 is 0 Å². The molecule has 1 N–H and O–H groups in total. The number of nitrogens with zero attached hydrogens (tertiary/aromatic N) is 2. The second-order valence-electron chi connectivity index (χ2n) is 5.19. The van der Waals surface area contributed by atoms with Crippen molar-refractivity contribution in [2.24, 2.45) is 5.92 Å². The van der Waals surface area contributed by atoms with Crippen molar-refractivity contribution in [3.63, 3.8) is 0 Å². The van der Waals surface area contributed by atoms with Crippen molar-refractivity contribution in [1.29, 1.82) is 0 Å². The van der Waals surface area contributed by atoms with Crippen LogP contribution in [0.1, 0.15) is 19.8 Å². The van der Waals surface area contributed by atoms with Gasteiger partial charge < -0.3 is 19.6 Å². The lowest BCUT2D eigenvalue weighted by atomic mass is 9.93. The Balaban J connectivity index is 2.60. The highest BCUT2D eigenvalue weighted by Crippen LogP contribution is 2.22. The van der Waals surface area contributed by atoms with E-state index in [2.05, 4.69) is 0 Å². The number of rotatable bonds is 5. The van der Waals surface area contributed by atoms with Gasteiger partial charge in [-0.25, -0.2) is 0 Å². The van der Waals surface area contributed by atoms with Crippen molar-refractivity contribution in [3.8, 4) is 0 Å². The molecule has 114 valence electrons. The molecule has 7 nitrogen and oxygen atoms in total. The van der Waals surface area contributed by atoms with Crippen LogP contribution in [0, 0.1) is 5.92 Å². The standard InChI is InChI=1S/C13H22N2O5/c1-9-4-5-10(13(18)19)6-15(9)11(16)7-14(2)12(17)8-20-3/h9-10H,4-8H2,1-3H3,(H,18,19). The molecule has 1 aliphatic rings. The van der Waals surface area contributed by atoms with Crippen molar-refractivity contribution >= 4 is 17.8 Å². The molecule has 7 heteroatoms. The lowest BCUT2D eigenvalue weighted by Crippen LogP contribution is -2.51. The number of methoxy groups -OCH3 is 1. The van der Waals surface area contributed by atoms with Crippen LogP contribution < -0.4 is 0 Å². The molecule has 0 bridgehead atoms. The van der Waals surface area contributed by atoms with Crippen molar-refractivity contribution in [2.45, 2.75) is 25.8 Å². The molecule has 1 aliphatic heterocycles. The van der Waals surface area contributed by atoms with E-state index in [1.165, 1.54) is 19.1 Å². The molecule has 1 heterocycles. The zero-order valence-corrected chi connectivity index (χ0v) is 12.2. The first-order valence-electron chi connectivity index (χ1n) is 6.62. The fourth-order valence-corrected chi connectivity index (χ4v) is 2.27. The Bertz CT molecular complexity index is 385. The summed E-state index contributed by atoms with van der Waals surface area (Å²) >= 11 is 0. The Hall–Kier alpha value is -1.63. The lowest BCUT2D eigenvalue weighted by molar-refractivity contribution is -0.149. The van der Waals surface area contributed by atoms with Gasteiger partial charge >= 0.3 is 5.97 Å². The summed E-state index contributed by atoms with van der Waals surface area (Å²) in [4.78, 5) is 37.6. The maximum atomic E-state index is 12.2. The third-order valence-corrected chi connectivity index (χ3v) is 3.62. The van der Waals surface area contributed by atoms with Gasteiger partial charge in [-0.1, -0.05) is 0 Å². The molecule has 0 radical (unpaired) electrons. The van der Waals surface area contributed by atoms with E-state index < -0.39 is 11.9 Å². The Labute approximate surface area is 118 Å². The van der Waals surface area contributed by atoms with Gasteiger partial charge in [0.2, 0.25) is 11.8 Å². The van der Waals surface area contributed by atoms with E-state index in [0.29, 0.717) is 12.8 Å². The van der Waals surface area contributed by atoms with Gasteiger partial charge in [-0.15, -0.1) is 0 Å². The second kappa shape index (κ2) is 7.23. The first-order valence-corrected chi connectivity index (χ1v) is 6.62. The molecule has 0 aliphatic carbocycles. The zero-order chi connectivity index (χ0) is 15.3. The van der Waals surface area contributed by atoms with E-state index in [9.17, 15) is 14.4 Å². The zero-order valence-electron chi connectivity index (χ0n) is 12.2. The summed E-state index contributed by atoms with van der Waals surface area (Å²) in [5, 5.41) is 9.05. The summed E-state index contributed by atoms with van der Waals surface area (Å²) in [7, 11) is 2.94. The van der Waals surface area contributed by atoms with E-state index in [-0.39, 0.29) is 37.6 Å². The Morgan fingerprint density at radius 2 is 2.00 bits per heavy atom. The summed E-state index contributed by atoms with van der Waals surface area (Å²) in [5.74, 6) is -1.90. The van der Waals surface area contributed by atoms with Gasteiger partial charge in [0, 0.05) is 26.7 Å². The molecule has 1 fully saturated rings. The number of hydrogen-bond acceptors (Lipinski definition) is 4. The fourth-order valence-electron chi connectivity index (χ4n) is 2.27. The smallest absolute Gasteiger partial charge is 0.308 e. The predicted molar refractivity (Wildman–Crippen MR) is 71.0 cm³/mol. The highest BCUT2D eigenvalue weighted by Gasteiger charge is 2.33. The number of carbonyl (C=O) groups is 3. The van der Waals surface area contributed by atoms with Crippen molar-refractivity contribution in [2.75, 3.05) is 33.9 Å². The van der Waals surface area contributed by atoms with Crippen LogP contribution >= 0.6 is 0 Å². The molecule has 0 aromatic heterocycles. The van der Waals surface area contributed by atoms with Crippen LogP contribution in [0.4, 0.5) is 0 Å². The van der Waals surface area contributed by atoms with E-state index in [1.807, 2.05) is 6.92 Å². The number of carboxylic acids is 1. The van der Waals surface area contributed by atoms with E-state index in [0.717, 1.165) is 0 Å². The summed E-state index contributed by atoms with van der Waals surface area (Å²) in [6.45, 7) is 1.98. The Morgan fingerprint density at radius 3 is 2.55 bits per heavy atom. The molecular weight excluding hydrogens is 264 g/mol. The van der Waals surface area contributed by atoms with Crippen LogP contribution in [0.25, 0.3) is 0 Å². The molecule has 2 unspecified atom stereocenters. The minimum atomic E-state index is -0.876. The highest BCUT2D eigenvalue weighted by atomic mass is 16.5. The van der Waals surface area contributed by atoms with E-state index in [4.69, 9.17) is 9.84 Å². The van der Waals surface area contributed by atoms with Crippen LogP contribution in [-0.2, 0) is 19.1 Å². The van der Waals surface area contributed by atoms with Crippen LogP contribution in [0.5, 0.6) is 0 Å². The van der Waals surface area contributed by atoms with Crippen LogP contribution in [-0.4, -0.2) is 72.6 Å². The van der Waals surface area contributed by atoms with Crippen LogP contribution in [0.15, 0.2) is 0 Å². The molecule has 1 saturated heterocycles. The molecular formula is C13H22N2O5. The predicted octanol–water partition coefficient (Wildman–Crippen LogP) is -0.197. The van der Waals surface area contributed by atoms with Crippen molar-refractivity contribution in [1.82, 2.24) is 9.80 Å². The Kier molecular flexibility index (Phi) is 5.94. The molecule has 2 atom stereocenters. The summed E-state index contributed by atoms with van der Waals surface area (Å²) in [6, 6.07) is 0.00373. The van der Waals surface area contributed by atoms with Gasteiger partial charge in [-0.3, -0.25) is 14.4 Å². The molecule has 0 saturated carbocycles. The third-order valence-electron chi connectivity index (χ3n) is 3.62. The number of aliphatic carboxylic acids is 1. The topological polar surface area (TPSA) is 87.2 Å². The molecule has 1 rings (SSSR count). The largest absolute Gasteiger partial charge is 0.481 e. The number of amides is 2. The molecule has 2 amide bonds. The highest BCUT2D eigenvalue weighted by molar-refractivity contribution is 5.85. The van der Waals surface area contributed by atoms with Crippen LogP contribution in [0.2, 0.25) is 0 Å². The number of likely N-dealkylation sites (N-methyl/N-ethyl adjacent to an activating group) is 1. The van der Waals surface area contributed by atoms with Gasteiger partial charge in [0.1, 0.15) is 6.61 Å². The summed E-state index contributed by atoms with van der Waals surface area (Å²) < 4.78 is 4.73. The van der Waals surface area contributed by atoms with Crippen molar-refractivity contribution < 1.29 is 24.2 Å². The van der Waals surface area contributed by atoms with Gasteiger partial charge in [0.05, 0.1) is 12.5 Å². The van der Waals surface area contributed by atoms with Crippen LogP contribution in [0.3, 0.4) is 0 Å². The SMILES string of the molecule is COCC(=O)N(C)CC(=O)N1CC(C(=O)O)CCC1C. The van der Waals surface area contributed by atoms with Crippen molar-refractivity contribution in [3.05, 3.63) is 0 Å². The van der Waals surface area contributed by atoms with E-state index in [1.54, 1.807) is 4.90 Å². The lowest BCUT2D eigenvalue weighted by Gasteiger charge is -2.37. The minimum absolute atomic E-state index is 0.00373. The maximum Gasteiger partial charge on any atom is 0.308 e. The molecule has 0 aromatic carbocycles. The van der Waals surface area contributed by atoms with Gasteiger partial charge in [-0.05, 0) is 19.8 Å². The molecule has 20 heavy (non-hydrogen) atoms. The second-order valence-corrected chi connectivity index (χ2v) is 5.19. The number of carboxylic acid groups (broad SMARTS) is 1. The number of likely N-dealkylation sites (tertiary alicyclic amines) is 1. The molecule has 0 aromatic rings. The fraction of sp³-hybridized carbons (Fsp3) is 0.769. The maximum absolute atomic E-state index is 12.2. The quantitative estimate of drug-likeness (QED) is 0.756. The summed E-state index contributed by atoms with van der Waals surface area (Å²) in [6.07, 6.45) is 1.25. The average molecular weight is 286 g/mol. The summed E-state index contributed by atoms with van der Waals surface area (Å²) in [5.41, 5.74) is 0. The monoisotopic (exact) mass is 286 g/mol. The average Bonchev–Trinajstić information content (AvgIpc) is 2.38. The normalized spacial score (nSPS) is 22.4. The third kappa shape index (κ3) is 4.19.